The third-order valence-electron chi connectivity index (χ3n) is 4.19. The molecule has 0 saturated carbocycles. The number of carbonyl (C=O) groups is 2. The molecule has 0 aromatic heterocycles. The van der Waals surface area contributed by atoms with Crippen molar-refractivity contribution in [3.05, 3.63) is 64.1 Å². The topological polar surface area (TPSA) is 58.6 Å². The second-order valence-corrected chi connectivity index (χ2v) is 7.03. The standard InChI is InChI=1S/C21H24Cl2N2O3/c1-3-18(21(27)24-4-2)25(13-15-9-11-16(22)12-10-15)20(26)14-28-19-8-6-5-7-17(19)23/h5-12,18H,3-4,13-14H2,1-2H3,(H,24,27). The molecule has 2 aromatic carbocycles. The van der Waals surface area contributed by atoms with E-state index in [2.05, 4.69) is 5.32 Å². The smallest absolute Gasteiger partial charge is 0.261 e. The summed E-state index contributed by atoms with van der Waals surface area (Å²) in [4.78, 5) is 27.0. The molecule has 2 rings (SSSR count). The van der Waals surface area contributed by atoms with Crippen LogP contribution < -0.4 is 10.1 Å². The van der Waals surface area contributed by atoms with Crippen LogP contribution in [-0.4, -0.2) is 35.9 Å². The first-order valence-electron chi connectivity index (χ1n) is 9.15. The second-order valence-electron chi connectivity index (χ2n) is 6.19. The number of amides is 2. The zero-order chi connectivity index (χ0) is 20.5. The van der Waals surface area contributed by atoms with E-state index in [0.717, 1.165) is 5.56 Å². The second kappa shape index (κ2) is 10.9. The van der Waals surface area contributed by atoms with Gasteiger partial charge in [0.2, 0.25) is 5.91 Å². The fraction of sp³-hybridized carbons (Fsp3) is 0.333. The van der Waals surface area contributed by atoms with Gasteiger partial charge in [0.05, 0.1) is 5.02 Å². The maximum absolute atomic E-state index is 13.0. The number of nitrogens with one attached hydrogen (secondary N) is 1. The average Bonchev–Trinajstić information content (AvgIpc) is 2.68. The Kier molecular flexibility index (Phi) is 8.61. The summed E-state index contributed by atoms with van der Waals surface area (Å²) in [7, 11) is 0. The molecule has 2 aromatic rings. The summed E-state index contributed by atoms with van der Waals surface area (Å²) in [5, 5.41) is 3.83. The lowest BCUT2D eigenvalue weighted by molar-refractivity contribution is -0.142. The van der Waals surface area contributed by atoms with Crippen molar-refractivity contribution >= 4 is 35.0 Å². The third-order valence-corrected chi connectivity index (χ3v) is 4.76. The first kappa shape index (κ1) is 22.1. The van der Waals surface area contributed by atoms with Crippen molar-refractivity contribution in [1.82, 2.24) is 10.2 Å². The summed E-state index contributed by atoms with van der Waals surface area (Å²) in [6.45, 7) is 4.27. The number of benzene rings is 2. The molecule has 0 aliphatic rings. The van der Waals surface area contributed by atoms with Gasteiger partial charge in [-0.05, 0) is 43.2 Å². The lowest BCUT2D eigenvalue weighted by atomic mass is 10.1. The Labute approximate surface area is 175 Å². The number of para-hydroxylation sites is 1. The van der Waals surface area contributed by atoms with E-state index < -0.39 is 6.04 Å². The van der Waals surface area contributed by atoms with Crippen molar-refractivity contribution in [2.45, 2.75) is 32.9 Å². The van der Waals surface area contributed by atoms with Crippen molar-refractivity contribution in [3.8, 4) is 5.75 Å². The highest BCUT2D eigenvalue weighted by atomic mass is 35.5. The molecule has 0 bridgehead atoms. The molecule has 2 amide bonds. The zero-order valence-electron chi connectivity index (χ0n) is 16.0. The fourth-order valence-electron chi connectivity index (χ4n) is 2.78. The highest BCUT2D eigenvalue weighted by Crippen LogP contribution is 2.23. The number of halogens is 2. The lowest BCUT2D eigenvalue weighted by Crippen LogP contribution is -2.50. The molecule has 0 fully saturated rings. The summed E-state index contributed by atoms with van der Waals surface area (Å²) >= 11 is 12.0. The van der Waals surface area contributed by atoms with Gasteiger partial charge >= 0.3 is 0 Å². The molecule has 1 N–H and O–H groups in total. The summed E-state index contributed by atoms with van der Waals surface area (Å²) in [6.07, 6.45) is 0.483. The van der Waals surface area contributed by atoms with Gasteiger partial charge in [-0.15, -0.1) is 0 Å². The van der Waals surface area contributed by atoms with Crippen LogP contribution in [0, 0.1) is 0 Å². The lowest BCUT2D eigenvalue weighted by Gasteiger charge is -2.30. The van der Waals surface area contributed by atoms with Crippen LogP contribution in [0.1, 0.15) is 25.8 Å². The summed E-state index contributed by atoms with van der Waals surface area (Å²) in [5.74, 6) is -0.0620. The molecular formula is C21H24Cl2N2O3. The van der Waals surface area contributed by atoms with E-state index in [1.54, 1.807) is 36.4 Å². The molecule has 0 saturated heterocycles. The number of ether oxygens (including phenoxy) is 1. The summed E-state index contributed by atoms with van der Waals surface area (Å²) < 4.78 is 5.59. The average molecular weight is 423 g/mol. The highest BCUT2D eigenvalue weighted by Gasteiger charge is 2.28. The third kappa shape index (κ3) is 6.14. The molecular weight excluding hydrogens is 399 g/mol. The number of likely N-dealkylation sites (N-methyl/N-ethyl adjacent to an activating group) is 1. The number of nitrogens with zero attached hydrogens (tertiary/aromatic N) is 1. The van der Waals surface area contributed by atoms with E-state index in [-0.39, 0.29) is 25.0 Å². The van der Waals surface area contributed by atoms with Gasteiger partial charge in [-0.25, -0.2) is 0 Å². The van der Waals surface area contributed by atoms with Crippen molar-refractivity contribution in [2.75, 3.05) is 13.2 Å². The SMILES string of the molecule is CCNC(=O)C(CC)N(Cc1ccc(Cl)cc1)C(=O)COc1ccccc1Cl. The predicted octanol–water partition coefficient (Wildman–Crippen LogP) is 4.32. The van der Waals surface area contributed by atoms with Gasteiger partial charge in [-0.1, -0.05) is 54.4 Å². The monoisotopic (exact) mass is 422 g/mol. The molecule has 0 heterocycles. The van der Waals surface area contributed by atoms with Gasteiger partial charge in [0.1, 0.15) is 11.8 Å². The normalized spacial score (nSPS) is 11.6. The van der Waals surface area contributed by atoms with E-state index in [0.29, 0.717) is 28.8 Å². The van der Waals surface area contributed by atoms with Gasteiger partial charge < -0.3 is 15.0 Å². The molecule has 0 spiro atoms. The molecule has 7 heteroatoms. The summed E-state index contributed by atoms with van der Waals surface area (Å²) in [6, 6.07) is 13.5. The van der Waals surface area contributed by atoms with E-state index in [9.17, 15) is 9.59 Å². The molecule has 5 nitrogen and oxygen atoms in total. The Morgan fingerprint density at radius 3 is 2.36 bits per heavy atom. The first-order valence-corrected chi connectivity index (χ1v) is 9.90. The molecule has 0 aliphatic heterocycles. The van der Waals surface area contributed by atoms with Gasteiger partial charge in [0.25, 0.3) is 5.91 Å². The van der Waals surface area contributed by atoms with Crippen LogP contribution in [-0.2, 0) is 16.1 Å². The Balaban J connectivity index is 2.19. The van der Waals surface area contributed by atoms with E-state index >= 15 is 0 Å². The van der Waals surface area contributed by atoms with Gasteiger partial charge in [0.15, 0.2) is 6.61 Å². The maximum Gasteiger partial charge on any atom is 0.261 e. The molecule has 0 aliphatic carbocycles. The van der Waals surface area contributed by atoms with Gasteiger partial charge in [0, 0.05) is 18.1 Å². The van der Waals surface area contributed by atoms with E-state index in [1.807, 2.05) is 26.0 Å². The predicted molar refractivity (Wildman–Crippen MR) is 112 cm³/mol. The number of carbonyl (C=O) groups excluding carboxylic acids is 2. The van der Waals surface area contributed by atoms with E-state index in [4.69, 9.17) is 27.9 Å². The van der Waals surface area contributed by atoms with Crippen molar-refractivity contribution in [3.63, 3.8) is 0 Å². The number of hydrogen-bond donors (Lipinski definition) is 1. The first-order chi connectivity index (χ1) is 13.5. The largest absolute Gasteiger partial charge is 0.482 e. The van der Waals surface area contributed by atoms with Crippen LogP contribution in [0.3, 0.4) is 0 Å². The van der Waals surface area contributed by atoms with Crippen molar-refractivity contribution < 1.29 is 14.3 Å². The minimum Gasteiger partial charge on any atom is -0.482 e. The van der Waals surface area contributed by atoms with Crippen LogP contribution >= 0.6 is 23.2 Å². The molecule has 0 radical (unpaired) electrons. The van der Waals surface area contributed by atoms with Crippen LogP contribution in [0.5, 0.6) is 5.75 Å². The van der Waals surface area contributed by atoms with Crippen LogP contribution in [0.4, 0.5) is 0 Å². The van der Waals surface area contributed by atoms with Crippen LogP contribution in [0.15, 0.2) is 48.5 Å². The Morgan fingerprint density at radius 2 is 1.75 bits per heavy atom. The maximum atomic E-state index is 13.0. The Hall–Kier alpha value is -2.24. The number of hydrogen-bond acceptors (Lipinski definition) is 3. The quantitative estimate of drug-likeness (QED) is 0.654. The van der Waals surface area contributed by atoms with Crippen molar-refractivity contribution in [2.24, 2.45) is 0 Å². The van der Waals surface area contributed by atoms with E-state index in [1.165, 1.54) is 4.90 Å². The van der Waals surface area contributed by atoms with Gasteiger partial charge in [-0.2, -0.15) is 0 Å². The van der Waals surface area contributed by atoms with Crippen LogP contribution in [0.25, 0.3) is 0 Å². The molecule has 150 valence electrons. The number of rotatable bonds is 9. The Bertz CT molecular complexity index is 796. The van der Waals surface area contributed by atoms with Crippen molar-refractivity contribution in [1.29, 1.82) is 0 Å². The Morgan fingerprint density at radius 1 is 1.07 bits per heavy atom. The molecule has 1 atom stereocenters. The molecule has 1 unspecified atom stereocenters. The fourth-order valence-corrected chi connectivity index (χ4v) is 3.10. The molecule has 28 heavy (non-hydrogen) atoms. The summed E-state index contributed by atoms with van der Waals surface area (Å²) in [5.41, 5.74) is 0.873. The zero-order valence-corrected chi connectivity index (χ0v) is 17.5. The minimum absolute atomic E-state index is 0.190. The van der Waals surface area contributed by atoms with Gasteiger partial charge in [-0.3, -0.25) is 9.59 Å². The van der Waals surface area contributed by atoms with Crippen LogP contribution in [0.2, 0.25) is 10.0 Å². The highest BCUT2D eigenvalue weighted by molar-refractivity contribution is 6.32. The minimum atomic E-state index is -0.599.